The van der Waals surface area contributed by atoms with E-state index in [1.165, 1.54) is 4.88 Å². The Hall–Kier alpha value is -1.59. The van der Waals surface area contributed by atoms with Gasteiger partial charge in [-0.15, -0.1) is 11.3 Å². The van der Waals surface area contributed by atoms with Crippen molar-refractivity contribution in [3.63, 3.8) is 0 Å². The first-order valence-electron chi connectivity index (χ1n) is 6.62. The van der Waals surface area contributed by atoms with Crippen molar-refractivity contribution in [1.82, 2.24) is 10.3 Å². The standard InChI is InChI=1S/C15H20N2O2S/c1-4-13-9-17-15(20-13)10-16-8-11-5-6-12(18-2)7-14(11)19-3/h5-7,9,16H,4,8,10H2,1-3H3. The second kappa shape index (κ2) is 7.26. The Morgan fingerprint density at radius 2 is 2.05 bits per heavy atom. The van der Waals surface area contributed by atoms with Crippen molar-refractivity contribution in [2.75, 3.05) is 14.2 Å². The van der Waals surface area contributed by atoms with Crippen molar-refractivity contribution in [3.05, 3.63) is 39.8 Å². The number of rotatable bonds is 7. The average Bonchev–Trinajstić information content (AvgIpc) is 2.95. The minimum Gasteiger partial charge on any atom is -0.497 e. The van der Waals surface area contributed by atoms with Crippen LogP contribution in [0.3, 0.4) is 0 Å². The predicted molar refractivity (Wildman–Crippen MR) is 81.6 cm³/mol. The Labute approximate surface area is 123 Å². The van der Waals surface area contributed by atoms with Crippen LogP contribution in [0, 0.1) is 0 Å². The van der Waals surface area contributed by atoms with Gasteiger partial charge in [-0.3, -0.25) is 0 Å². The molecule has 2 aromatic rings. The van der Waals surface area contributed by atoms with Crippen molar-refractivity contribution >= 4 is 11.3 Å². The van der Waals surface area contributed by atoms with Gasteiger partial charge in [-0.05, 0) is 12.5 Å². The van der Waals surface area contributed by atoms with E-state index in [1.807, 2.05) is 24.4 Å². The third kappa shape index (κ3) is 3.71. The first kappa shape index (κ1) is 14.8. The molecule has 0 amide bonds. The van der Waals surface area contributed by atoms with Gasteiger partial charge in [0, 0.05) is 35.8 Å². The number of thiazole rings is 1. The van der Waals surface area contributed by atoms with Crippen LogP contribution in [0.25, 0.3) is 0 Å². The number of aromatic nitrogens is 1. The topological polar surface area (TPSA) is 43.4 Å². The zero-order valence-electron chi connectivity index (χ0n) is 12.1. The molecule has 2 rings (SSSR count). The van der Waals surface area contributed by atoms with Gasteiger partial charge in [-0.25, -0.2) is 4.98 Å². The number of hydrogen-bond acceptors (Lipinski definition) is 5. The van der Waals surface area contributed by atoms with E-state index in [0.29, 0.717) is 0 Å². The highest BCUT2D eigenvalue weighted by atomic mass is 32.1. The van der Waals surface area contributed by atoms with Gasteiger partial charge in [0.1, 0.15) is 16.5 Å². The summed E-state index contributed by atoms with van der Waals surface area (Å²) in [7, 11) is 3.33. The average molecular weight is 292 g/mol. The number of aryl methyl sites for hydroxylation is 1. The molecule has 20 heavy (non-hydrogen) atoms. The van der Waals surface area contributed by atoms with Crippen LogP contribution in [0.5, 0.6) is 11.5 Å². The number of hydrogen-bond donors (Lipinski definition) is 1. The maximum atomic E-state index is 5.38. The van der Waals surface area contributed by atoms with Gasteiger partial charge in [0.05, 0.1) is 14.2 Å². The van der Waals surface area contributed by atoms with Gasteiger partial charge in [-0.1, -0.05) is 13.0 Å². The first-order valence-corrected chi connectivity index (χ1v) is 7.43. The number of benzene rings is 1. The zero-order valence-corrected chi connectivity index (χ0v) is 12.9. The molecule has 5 heteroatoms. The van der Waals surface area contributed by atoms with Gasteiger partial charge in [0.25, 0.3) is 0 Å². The fourth-order valence-electron chi connectivity index (χ4n) is 1.90. The molecule has 0 aliphatic heterocycles. The van der Waals surface area contributed by atoms with Crippen LogP contribution in [0.1, 0.15) is 22.4 Å². The molecule has 108 valence electrons. The summed E-state index contributed by atoms with van der Waals surface area (Å²) in [5, 5.41) is 4.51. The Balaban J connectivity index is 1.93. The molecule has 0 atom stereocenters. The number of methoxy groups -OCH3 is 2. The summed E-state index contributed by atoms with van der Waals surface area (Å²) in [6.07, 6.45) is 3.00. The van der Waals surface area contributed by atoms with E-state index >= 15 is 0 Å². The molecule has 4 nitrogen and oxygen atoms in total. The minimum atomic E-state index is 0.744. The fourth-order valence-corrected chi connectivity index (χ4v) is 2.73. The van der Waals surface area contributed by atoms with Gasteiger partial charge in [0.2, 0.25) is 0 Å². The molecule has 1 heterocycles. The van der Waals surface area contributed by atoms with E-state index in [-0.39, 0.29) is 0 Å². The van der Waals surface area contributed by atoms with Crippen LogP contribution < -0.4 is 14.8 Å². The molecule has 0 saturated carbocycles. The third-order valence-electron chi connectivity index (χ3n) is 3.04. The number of nitrogens with one attached hydrogen (secondary N) is 1. The monoisotopic (exact) mass is 292 g/mol. The van der Waals surface area contributed by atoms with Gasteiger partial charge >= 0.3 is 0 Å². The molecule has 0 unspecified atom stereocenters. The highest BCUT2D eigenvalue weighted by molar-refractivity contribution is 7.11. The lowest BCUT2D eigenvalue weighted by Crippen LogP contribution is -2.13. The van der Waals surface area contributed by atoms with Crippen LogP contribution in [0.2, 0.25) is 0 Å². The molecule has 0 saturated heterocycles. The van der Waals surface area contributed by atoms with Crippen LogP contribution >= 0.6 is 11.3 Å². The van der Waals surface area contributed by atoms with E-state index in [0.717, 1.165) is 41.6 Å². The Morgan fingerprint density at radius 3 is 2.70 bits per heavy atom. The normalized spacial score (nSPS) is 10.6. The van der Waals surface area contributed by atoms with Crippen LogP contribution in [0.15, 0.2) is 24.4 Å². The lowest BCUT2D eigenvalue weighted by Gasteiger charge is -2.10. The second-order valence-corrected chi connectivity index (χ2v) is 5.55. The molecule has 1 aromatic heterocycles. The lowest BCUT2D eigenvalue weighted by atomic mass is 10.2. The molecule has 0 spiro atoms. The van der Waals surface area contributed by atoms with Gasteiger partial charge in [-0.2, -0.15) is 0 Å². The summed E-state index contributed by atoms with van der Waals surface area (Å²) in [4.78, 5) is 5.72. The zero-order chi connectivity index (χ0) is 14.4. The lowest BCUT2D eigenvalue weighted by molar-refractivity contribution is 0.390. The Bertz CT molecular complexity index is 555. The fraction of sp³-hybridized carbons (Fsp3) is 0.400. The first-order chi connectivity index (χ1) is 9.76. The molecule has 1 N–H and O–H groups in total. The molecule has 0 aliphatic rings. The maximum absolute atomic E-state index is 5.38. The summed E-state index contributed by atoms with van der Waals surface area (Å²) in [5.74, 6) is 1.64. The van der Waals surface area contributed by atoms with Gasteiger partial charge < -0.3 is 14.8 Å². The van der Waals surface area contributed by atoms with Crippen molar-refractivity contribution in [2.45, 2.75) is 26.4 Å². The van der Waals surface area contributed by atoms with Crippen LogP contribution in [-0.4, -0.2) is 19.2 Å². The summed E-state index contributed by atoms with van der Waals surface area (Å²) >= 11 is 1.76. The van der Waals surface area contributed by atoms with Gasteiger partial charge in [0.15, 0.2) is 0 Å². The SMILES string of the molecule is CCc1cnc(CNCc2ccc(OC)cc2OC)s1. The molecular weight excluding hydrogens is 272 g/mol. The Kier molecular flexibility index (Phi) is 5.38. The minimum absolute atomic E-state index is 0.744. The quantitative estimate of drug-likeness (QED) is 0.852. The molecule has 0 fully saturated rings. The summed E-state index contributed by atoms with van der Waals surface area (Å²) in [5.41, 5.74) is 1.11. The molecule has 1 aromatic carbocycles. The maximum Gasteiger partial charge on any atom is 0.127 e. The smallest absolute Gasteiger partial charge is 0.127 e. The number of nitrogens with zero attached hydrogens (tertiary/aromatic N) is 1. The number of ether oxygens (including phenoxy) is 2. The van der Waals surface area contributed by atoms with E-state index in [9.17, 15) is 0 Å². The van der Waals surface area contributed by atoms with Crippen LogP contribution in [0.4, 0.5) is 0 Å². The third-order valence-corrected chi connectivity index (χ3v) is 4.18. The molecule has 0 bridgehead atoms. The second-order valence-electron chi connectivity index (χ2n) is 4.36. The molecule has 0 radical (unpaired) electrons. The van der Waals surface area contributed by atoms with Crippen molar-refractivity contribution in [3.8, 4) is 11.5 Å². The predicted octanol–water partition coefficient (Wildman–Crippen LogP) is 3.01. The highest BCUT2D eigenvalue weighted by Crippen LogP contribution is 2.24. The molecular formula is C15H20N2O2S. The highest BCUT2D eigenvalue weighted by Gasteiger charge is 2.05. The molecule has 0 aliphatic carbocycles. The summed E-state index contributed by atoms with van der Waals surface area (Å²) < 4.78 is 10.6. The van der Waals surface area contributed by atoms with Crippen molar-refractivity contribution in [2.24, 2.45) is 0 Å². The summed E-state index contributed by atoms with van der Waals surface area (Å²) in [6, 6.07) is 5.86. The largest absolute Gasteiger partial charge is 0.497 e. The van der Waals surface area contributed by atoms with E-state index < -0.39 is 0 Å². The van der Waals surface area contributed by atoms with E-state index in [4.69, 9.17) is 9.47 Å². The van der Waals surface area contributed by atoms with E-state index in [1.54, 1.807) is 25.6 Å². The van der Waals surface area contributed by atoms with Crippen molar-refractivity contribution < 1.29 is 9.47 Å². The van der Waals surface area contributed by atoms with Crippen molar-refractivity contribution in [1.29, 1.82) is 0 Å². The summed E-state index contributed by atoms with van der Waals surface area (Å²) in [6.45, 7) is 3.67. The van der Waals surface area contributed by atoms with E-state index in [2.05, 4.69) is 17.2 Å². The van der Waals surface area contributed by atoms with Crippen LogP contribution in [-0.2, 0) is 19.5 Å². The Morgan fingerprint density at radius 1 is 1.20 bits per heavy atom.